The maximum Gasteiger partial charge on any atom is 0.245 e. The Morgan fingerprint density at radius 3 is 1.89 bits per heavy atom. The summed E-state index contributed by atoms with van der Waals surface area (Å²) in [5.41, 5.74) is 0. The van der Waals surface area contributed by atoms with Crippen LogP contribution < -0.4 is 16.0 Å². The van der Waals surface area contributed by atoms with Gasteiger partial charge < -0.3 is 25.6 Å². The van der Waals surface area contributed by atoms with E-state index >= 15 is 0 Å². The van der Waals surface area contributed by atoms with E-state index in [2.05, 4.69) is 22.5 Å². The minimum absolute atomic E-state index is 0.0470. The molecule has 3 N–H and O–H groups in total. The lowest BCUT2D eigenvalue weighted by molar-refractivity contribution is -0.138. The molecule has 0 aliphatic heterocycles. The zero-order chi connectivity index (χ0) is 28.7. The Morgan fingerprint density at radius 1 is 0.865 bits per heavy atom. The van der Waals surface area contributed by atoms with Gasteiger partial charge in [0.15, 0.2) is 0 Å². The first-order valence-electron chi connectivity index (χ1n) is 13.2. The number of amides is 4. The molecule has 37 heavy (non-hydrogen) atoms. The van der Waals surface area contributed by atoms with Crippen molar-refractivity contribution in [1.82, 2.24) is 25.8 Å². The molecule has 0 radical (unpaired) electrons. The third kappa shape index (κ3) is 12.9. The van der Waals surface area contributed by atoms with Gasteiger partial charge in [-0.2, -0.15) is 0 Å². The number of hydrogen-bond donors (Lipinski definition) is 3. The Hall–Kier alpha value is -2.75. The molecule has 0 aromatic rings. The highest BCUT2D eigenvalue weighted by atomic mass is 16.2. The molecule has 0 fully saturated rings. The van der Waals surface area contributed by atoms with E-state index in [9.17, 15) is 24.0 Å². The second-order valence-electron chi connectivity index (χ2n) is 10.4. The number of allylic oxidation sites excluding steroid dienone is 1. The molecule has 10 heteroatoms. The normalized spacial score (nSPS) is 15.2. The van der Waals surface area contributed by atoms with E-state index in [1.165, 1.54) is 4.90 Å². The van der Waals surface area contributed by atoms with Crippen molar-refractivity contribution in [2.75, 3.05) is 27.2 Å². The molecule has 10 nitrogen and oxygen atoms in total. The molecule has 0 aromatic heterocycles. The number of rotatable bonds is 18. The van der Waals surface area contributed by atoms with Crippen LogP contribution in [0.25, 0.3) is 0 Å². The van der Waals surface area contributed by atoms with Gasteiger partial charge in [-0.1, -0.05) is 40.2 Å². The highest BCUT2D eigenvalue weighted by molar-refractivity contribution is 5.94. The zero-order valence-corrected chi connectivity index (χ0v) is 24.0. The monoisotopic (exact) mass is 523 g/mol. The van der Waals surface area contributed by atoms with E-state index in [1.807, 2.05) is 27.7 Å². The number of carbonyl (C=O) groups is 5. The molecular formula is C27H49N5O5. The lowest BCUT2D eigenvalue weighted by Gasteiger charge is -2.28. The van der Waals surface area contributed by atoms with Crippen molar-refractivity contribution in [2.45, 2.75) is 91.4 Å². The molecule has 0 spiro atoms. The van der Waals surface area contributed by atoms with Crippen molar-refractivity contribution in [3.63, 3.8) is 0 Å². The van der Waals surface area contributed by atoms with Gasteiger partial charge >= 0.3 is 0 Å². The maximum atomic E-state index is 13.3. The quantitative estimate of drug-likeness (QED) is 0.185. The van der Waals surface area contributed by atoms with Crippen LogP contribution >= 0.6 is 0 Å². The summed E-state index contributed by atoms with van der Waals surface area (Å²) in [7, 11) is 3.56. The first kappa shape index (κ1) is 34.2. The Kier molecular flexibility index (Phi) is 16.3. The van der Waals surface area contributed by atoms with Crippen molar-refractivity contribution in [3.05, 3.63) is 12.7 Å². The molecule has 5 atom stereocenters. The van der Waals surface area contributed by atoms with Gasteiger partial charge in [0, 0.05) is 6.54 Å². The molecule has 0 heterocycles. The summed E-state index contributed by atoms with van der Waals surface area (Å²) >= 11 is 0. The van der Waals surface area contributed by atoms with Gasteiger partial charge in [-0.3, -0.25) is 24.1 Å². The van der Waals surface area contributed by atoms with Crippen molar-refractivity contribution in [3.8, 4) is 0 Å². The zero-order valence-electron chi connectivity index (χ0n) is 24.0. The minimum atomic E-state index is -0.941. The van der Waals surface area contributed by atoms with Gasteiger partial charge in [0.25, 0.3) is 0 Å². The van der Waals surface area contributed by atoms with E-state index in [4.69, 9.17) is 0 Å². The molecule has 0 aromatic carbocycles. The van der Waals surface area contributed by atoms with Gasteiger partial charge in [-0.25, -0.2) is 0 Å². The van der Waals surface area contributed by atoms with Crippen molar-refractivity contribution < 1.29 is 24.0 Å². The van der Waals surface area contributed by atoms with Crippen LogP contribution in [0.5, 0.6) is 0 Å². The van der Waals surface area contributed by atoms with Crippen LogP contribution in [0.4, 0.5) is 0 Å². The molecule has 0 saturated carbocycles. The fourth-order valence-corrected chi connectivity index (χ4v) is 3.58. The highest BCUT2D eigenvalue weighted by Crippen LogP contribution is 2.11. The number of aldehydes is 1. The lowest BCUT2D eigenvalue weighted by Crippen LogP contribution is -2.58. The van der Waals surface area contributed by atoms with Gasteiger partial charge in [0.05, 0.1) is 12.6 Å². The Bertz CT molecular complexity index is 770. The summed E-state index contributed by atoms with van der Waals surface area (Å²) in [6.45, 7) is 15.2. The number of hydrogen-bond acceptors (Lipinski definition) is 6. The van der Waals surface area contributed by atoms with Crippen LogP contribution in [0, 0.1) is 11.8 Å². The second-order valence-corrected chi connectivity index (χ2v) is 10.4. The predicted molar refractivity (Wildman–Crippen MR) is 146 cm³/mol. The first-order chi connectivity index (χ1) is 17.3. The van der Waals surface area contributed by atoms with Crippen LogP contribution in [0.1, 0.15) is 67.2 Å². The lowest BCUT2D eigenvalue weighted by atomic mass is 9.98. The van der Waals surface area contributed by atoms with Gasteiger partial charge in [-0.15, -0.1) is 6.58 Å². The maximum absolute atomic E-state index is 13.3. The third-order valence-electron chi connectivity index (χ3n) is 6.25. The van der Waals surface area contributed by atoms with Crippen LogP contribution in [-0.4, -0.2) is 91.1 Å². The smallest absolute Gasteiger partial charge is 0.245 e. The molecular weight excluding hydrogens is 474 g/mol. The summed E-state index contributed by atoms with van der Waals surface area (Å²) in [6.07, 6.45) is 4.62. The molecule has 0 bridgehead atoms. The first-order valence-corrected chi connectivity index (χ1v) is 13.2. The molecule has 212 valence electrons. The summed E-state index contributed by atoms with van der Waals surface area (Å²) < 4.78 is 0. The van der Waals surface area contributed by atoms with Gasteiger partial charge in [-0.05, 0) is 59.0 Å². The van der Waals surface area contributed by atoms with E-state index in [-0.39, 0.29) is 36.6 Å². The van der Waals surface area contributed by atoms with E-state index < -0.39 is 36.0 Å². The number of carbonyl (C=O) groups excluding carboxylic acids is 5. The van der Waals surface area contributed by atoms with Gasteiger partial charge in [0.1, 0.15) is 24.4 Å². The topological polar surface area (TPSA) is 128 Å². The fraction of sp³-hybridized carbons (Fsp3) is 0.741. The van der Waals surface area contributed by atoms with Crippen LogP contribution in [0.2, 0.25) is 0 Å². The van der Waals surface area contributed by atoms with E-state index in [0.717, 1.165) is 12.8 Å². The average Bonchev–Trinajstić information content (AvgIpc) is 2.83. The van der Waals surface area contributed by atoms with Crippen LogP contribution in [0.3, 0.4) is 0 Å². The van der Waals surface area contributed by atoms with Crippen molar-refractivity contribution >= 4 is 29.9 Å². The largest absolute Gasteiger partial charge is 0.343 e. The molecule has 0 aliphatic carbocycles. The van der Waals surface area contributed by atoms with E-state index in [0.29, 0.717) is 19.3 Å². The average molecular weight is 524 g/mol. The predicted octanol–water partition coefficient (Wildman–Crippen LogP) is 1.50. The Balaban J connectivity index is 5.66. The Morgan fingerprint density at radius 2 is 1.41 bits per heavy atom. The summed E-state index contributed by atoms with van der Waals surface area (Å²) in [5, 5.41) is 8.29. The van der Waals surface area contributed by atoms with Crippen LogP contribution in [-0.2, 0) is 24.0 Å². The molecule has 4 amide bonds. The highest BCUT2D eigenvalue weighted by Gasteiger charge is 2.31. The summed E-state index contributed by atoms with van der Waals surface area (Å²) in [4.78, 5) is 66.2. The Labute approximate surface area is 223 Å². The van der Waals surface area contributed by atoms with E-state index in [1.54, 1.807) is 38.9 Å². The molecule has 5 unspecified atom stereocenters. The second kappa shape index (κ2) is 17.7. The standard InChI is InChI=1S/C27H49N5O5/c1-10-12-13-32(14-15-33)27(37)20(6)28-25(35)23(17-19(5)11-2)30-26(36)22(16-18(3)4)29-24(34)21(7)31(8)9/h11,15,18-23H,2,10,12-14,16-17H2,1,3-9H3,(H,28,35)(H,29,34)(H,30,36). The van der Waals surface area contributed by atoms with Gasteiger partial charge in [0.2, 0.25) is 23.6 Å². The fourth-order valence-electron chi connectivity index (χ4n) is 3.58. The number of nitrogens with zero attached hydrogens (tertiary/aromatic N) is 2. The molecule has 0 aliphatic rings. The molecule has 0 saturated heterocycles. The summed E-state index contributed by atoms with van der Waals surface area (Å²) in [6, 6.07) is -3.07. The number of nitrogens with one attached hydrogen (secondary N) is 3. The SMILES string of the molecule is C=CC(C)CC(NC(=O)C(CC(C)C)NC(=O)C(C)N(C)C)C(=O)NC(C)C(=O)N(CC=O)CCCC. The molecule has 0 rings (SSSR count). The number of unbranched alkanes of at least 4 members (excludes halogenated alkanes) is 1. The minimum Gasteiger partial charge on any atom is -0.343 e. The number of likely N-dealkylation sites (N-methyl/N-ethyl adjacent to an activating group) is 1. The summed E-state index contributed by atoms with van der Waals surface area (Å²) in [5.74, 6) is -1.60. The van der Waals surface area contributed by atoms with Crippen molar-refractivity contribution in [1.29, 1.82) is 0 Å². The van der Waals surface area contributed by atoms with Crippen LogP contribution in [0.15, 0.2) is 12.7 Å². The van der Waals surface area contributed by atoms with Crippen molar-refractivity contribution in [2.24, 2.45) is 11.8 Å². The third-order valence-corrected chi connectivity index (χ3v) is 6.25.